The van der Waals surface area contributed by atoms with Crippen LogP contribution in [0.2, 0.25) is 0 Å². The van der Waals surface area contributed by atoms with Crippen LogP contribution >= 0.6 is 0 Å². The third-order valence-electron chi connectivity index (χ3n) is 3.19. The molecule has 0 aliphatic heterocycles. The van der Waals surface area contributed by atoms with Crippen LogP contribution in [0.1, 0.15) is 10.5 Å². The molecule has 0 unspecified atom stereocenters. The van der Waals surface area contributed by atoms with Crippen molar-refractivity contribution in [2.45, 2.75) is 0 Å². The van der Waals surface area contributed by atoms with Crippen LogP contribution in [0.5, 0.6) is 11.5 Å². The van der Waals surface area contributed by atoms with E-state index in [4.69, 9.17) is 9.47 Å². The number of esters is 1. The third kappa shape index (κ3) is 4.44. The Balaban J connectivity index is 1.60. The van der Waals surface area contributed by atoms with E-state index < -0.39 is 18.5 Å². The van der Waals surface area contributed by atoms with Crippen LogP contribution in [0.4, 0.5) is 5.69 Å². The lowest BCUT2D eigenvalue weighted by molar-refractivity contribution is -0.119. The number of aromatic nitrogens is 2. The topological polar surface area (TPSA) is 93.3 Å². The van der Waals surface area contributed by atoms with Gasteiger partial charge in [0.1, 0.15) is 11.4 Å². The monoisotopic (exact) mass is 337 g/mol. The molecule has 0 aliphatic rings. The number of nitrogens with zero attached hydrogens (tertiary/aromatic N) is 1. The predicted molar refractivity (Wildman–Crippen MR) is 90.5 cm³/mol. The number of carbonyl (C=O) groups excluding carboxylic acids is 2. The second kappa shape index (κ2) is 7.78. The van der Waals surface area contributed by atoms with Crippen LogP contribution in [0.15, 0.2) is 66.9 Å². The van der Waals surface area contributed by atoms with Crippen LogP contribution in [-0.2, 0) is 9.53 Å². The number of H-pyrrole nitrogens is 1. The summed E-state index contributed by atoms with van der Waals surface area (Å²) in [5.74, 6) is 0.00950. The van der Waals surface area contributed by atoms with Gasteiger partial charge in [-0.3, -0.25) is 9.89 Å². The predicted octanol–water partition coefficient (Wildman–Crippen LogP) is 3.00. The molecule has 1 heterocycles. The van der Waals surface area contributed by atoms with E-state index in [1.54, 1.807) is 24.3 Å². The van der Waals surface area contributed by atoms with E-state index in [0.29, 0.717) is 17.2 Å². The van der Waals surface area contributed by atoms with E-state index in [1.165, 1.54) is 12.3 Å². The average molecular weight is 337 g/mol. The fraction of sp³-hybridized carbons (Fsp3) is 0.0556. The second-order valence-corrected chi connectivity index (χ2v) is 5.01. The standard InChI is InChI=1S/C18H15N3O4/c22-17(12-24-18(23)15-10-11-19-21-15)20-14-8-4-5-9-16(14)25-13-6-2-1-3-7-13/h1-11H,12H2,(H,19,21)(H,20,22). The molecule has 0 fully saturated rings. The number of carbonyl (C=O) groups is 2. The Bertz CT molecular complexity index is 848. The fourth-order valence-corrected chi connectivity index (χ4v) is 2.04. The molecule has 7 heteroatoms. The average Bonchev–Trinajstić information content (AvgIpc) is 3.17. The van der Waals surface area contributed by atoms with Gasteiger partial charge in [-0.1, -0.05) is 30.3 Å². The Hall–Kier alpha value is -3.61. The van der Waals surface area contributed by atoms with E-state index in [0.717, 1.165) is 0 Å². The Kier molecular flexibility index (Phi) is 5.06. The lowest BCUT2D eigenvalue weighted by Crippen LogP contribution is -2.21. The molecule has 0 atom stereocenters. The van der Waals surface area contributed by atoms with Crippen LogP contribution in [0, 0.1) is 0 Å². The Morgan fingerprint density at radius 1 is 1.00 bits per heavy atom. The Morgan fingerprint density at radius 2 is 1.76 bits per heavy atom. The summed E-state index contributed by atoms with van der Waals surface area (Å²) in [6, 6.07) is 17.7. The number of anilines is 1. The lowest BCUT2D eigenvalue weighted by Gasteiger charge is -2.12. The quantitative estimate of drug-likeness (QED) is 0.675. The van der Waals surface area contributed by atoms with Gasteiger partial charge < -0.3 is 14.8 Å². The molecule has 126 valence electrons. The summed E-state index contributed by atoms with van der Waals surface area (Å²) in [4.78, 5) is 23.7. The van der Waals surface area contributed by atoms with E-state index in [1.807, 2.05) is 30.3 Å². The maximum absolute atomic E-state index is 12.0. The molecule has 2 aromatic carbocycles. The van der Waals surface area contributed by atoms with E-state index in [2.05, 4.69) is 15.5 Å². The molecule has 1 aromatic heterocycles. The van der Waals surface area contributed by atoms with E-state index in [-0.39, 0.29) is 5.69 Å². The number of aromatic amines is 1. The summed E-state index contributed by atoms with van der Waals surface area (Å²) >= 11 is 0. The van der Waals surface area contributed by atoms with Gasteiger partial charge in [-0.25, -0.2) is 4.79 Å². The molecule has 0 radical (unpaired) electrons. The van der Waals surface area contributed by atoms with Crippen LogP contribution < -0.4 is 10.1 Å². The first-order valence-corrected chi connectivity index (χ1v) is 7.50. The number of rotatable bonds is 6. The van der Waals surface area contributed by atoms with Crippen LogP contribution in [-0.4, -0.2) is 28.7 Å². The molecule has 3 aromatic rings. The van der Waals surface area contributed by atoms with E-state index >= 15 is 0 Å². The summed E-state index contributed by atoms with van der Waals surface area (Å²) in [6.45, 7) is -0.419. The van der Waals surface area contributed by atoms with Crippen molar-refractivity contribution >= 4 is 17.6 Å². The maximum Gasteiger partial charge on any atom is 0.356 e. The minimum absolute atomic E-state index is 0.181. The first-order valence-electron chi connectivity index (χ1n) is 7.50. The van der Waals surface area contributed by atoms with Gasteiger partial charge in [0.15, 0.2) is 12.4 Å². The number of para-hydroxylation sites is 3. The van der Waals surface area contributed by atoms with Crippen molar-refractivity contribution in [3.05, 3.63) is 72.6 Å². The molecule has 0 bridgehead atoms. The van der Waals surface area contributed by atoms with Crippen molar-refractivity contribution in [3.63, 3.8) is 0 Å². The van der Waals surface area contributed by atoms with Crippen molar-refractivity contribution in [2.75, 3.05) is 11.9 Å². The zero-order valence-corrected chi connectivity index (χ0v) is 13.1. The van der Waals surface area contributed by atoms with Crippen molar-refractivity contribution in [1.29, 1.82) is 0 Å². The molecule has 7 nitrogen and oxygen atoms in total. The van der Waals surface area contributed by atoms with E-state index in [9.17, 15) is 9.59 Å². The van der Waals surface area contributed by atoms with Gasteiger partial charge in [0.05, 0.1) is 5.69 Å². The van der Waals surface area contributed by atoms with Gasteiger partial charge in [-0.05, 0) is 30.3 Å². The highest BCUT2D eigenvalue weighted by atomic mass is 16.5. The van der Waals surface area contributed by atoms with Gasteiger partial charge in [-0.2, -0.15) is 5.10 Å². The molecule has 0 saturated heterocycles. The largest absolute Gasteiger partial charge is 0.455 e. The molecule has 3 rings (SSSR count). The van der Waals surface area contributed by atoms with Crippen LogP contribution in [0.25, 0.3) is 0 Å². The summed E-state index contributed by atoms with van der Waals surface area (Å²) in [5, 5.41) is 8.78. The number of nitrogens with one attached hydrogen (secondary N) is 2. The Labute approximate surface area is 143 Å². The molecule has 25 heavy (non-hydrogen) atoms. The van der Waals surface area contributed by atoms with Gasteiger partial charge >= 0.3 is 5.97 Å². The molecule has 1 amide bonds. The maximum atomic E-state index is 12.0. The van der Waals surface area contributed by atoms with Crippen molar-refractivity contribution in [3.8, 4) is 11.5 Å². The highest BCUT2D eigenvalue weighted by molar-refractivity contribution is 5.95. The second-order valence-electron chi connectivity index (χ2n) is 5.01. The smallest absolute Gasteiger partial charge is 0.356 e. The molecule has 2 N–H and O–H groups in total. The molecule has 0 spiro atoms. The summed E-state index contributed by atoms with van der Waals surface area (Å²) < 4.78 is 10.7. The van der Waals surface area contributed by atoms with Gasteiger partial charge in [0.2, 0.25) is 0 Å². The first-order chi connectivity index (χ1) is 12.2. The molecular weight excluding hydrogens is 322 g/mol. The zero-order chi connectivity index (χ0) is 17.5. The summed E-state index contributed by atoms with van der Waals surface area (Å²) in [5.41, 5.74) is 0.662. The summed E-state index contributed by atoms with van der Waals surface area (Å²) in [7, 11) is 0. The lowest BCUT2D eigenvalue weighted by atomic mass is 10.3. The Morgan fingerprint density at radius 3 is 2.52 bits per heavy atom. The van der Waals surface area contributed by atoms with Crippen molar-refractivity contribution in [2.24, 2.45) is 0 Å². The SMILES string of the molecule is O=C(COC(=O)c1ccn[nH]1)Nc1ccccc1Oc1ccccc1. The molecular formula is C18H15N3O4. The number of hydrogen-bond acceptors (Lipinski definition) is 5. The number of ether oxygens (including phenoxy) is 2. The van der Waals surface area contributed by atoms with Crippen molar-refractivity contribution < 1.29 is 19.1 Å². The number of benzene rings is 2. The third-order valence-corrected chi connectivity index (χ3v) is 3.19. The fourth-order valence-electron chi connectivity index (χ4n) is 2.04. The molecule has 0 aliphatic carbocycles. The highest BCUT2D eigenvalue weighted by Crippen LogP contribution is 2.28. The van der Waals surface area contributed by atoms with Crippen molar-refractivity contribution in [1.82, 2.24) is 10.2 Å². The molecule has 0 saturated carbocycles. The highest BCUT2D eigenvalue weighted by Gasteiger charge is 2.13. The summed E-state index contributed by atoms with van der Waals surface area (Å²) in [6.07, 6.45) is 1.42. The minimum atomic E-state index is -0.651. The van der Waals surface area contributed by atoms with Gasteiger partial charge in [-0.15, -0.1) is 0 Å². The normalized spacial score (nSPS) is 10.1. The zero-order valence-electron chi connectivity index (χ0n) is 13.1. The number of amides is 1. The van der Waals surface area contributed by atoms with Gasteiger partial charge in [0, 0.05) is 6.20 Å². The first kappa shape index (κ1) is 16.3. The van der Waals surface area contributed by atoms with Gasteiger partial charge in [0.25, 0.3) is 5.91 Å². The number of hydrogen-bond donors (Lipinski definition) is 2. The minimum Gasteiger partial charge on any atom is -0.455 e. The van der Waals surface area contributed by atoms with Crippen LogP contribution in [0.3, 0.4) is 0 Å².